The number of hydrogen-bond acceptors (Lipinski definition) is 6. The van der Waals surface area contributed by atoms with Crippen LogP contribution in [0.15, 0.2) is 54.9 Å². The fourth-order valence-electron chi connectivity index (χ4n) is 5.58. The van der Waals surface area contributed by atoms with E-state index in [1.807, 2.05) is 23.1 Å². The number of carbonyl (C=O) groups excluding carboxylic acids is 1. The lowest BCUT2D eigenvalue weighted by Crippen LogP contribution is -2.45. The van der Waals surface area contributed by atoms with Crippen molar-refractivity contribution in [2.45, 2.75) is 32.6 Å². The van der Waals surface area contributed by atoms with E-state index in [9.17, 15) is 18.0 Å². The first-order chi connectivity index (χ1) is 20.3. The largest absolute Gasteiger partial charge is 0.456 e. The van der Waals surface area contributed by atoms with Crippen LogP contribution >= 0.6 is 0 Å². The third-order valence-corrected chi connectivity index (χ3v) is 7.99. The minimum Gasteiger partial charge on any atom is -0.456 e. The molecule has 2 amide bonds. The number of aromatic nitrogens is 3. The number of benzene rings is 2. The maximum absolute atomic E-state index is 14.0. The molecule has 0 atom stereocenters. The molecule has 1 fully saturated rings. The second-order valence-electron chi connectivity index (χ2n) is 10.7. The molecule has 220 valence electrons. The highest BCUT2D eigenvalue weighted by atomic mass is 19.4. The smallest absolute Gasteiger partial charge is 0.416 e. The Morgan fingerprint density at radius 2 is 1.83 bits per heavy atom. The van der Waals surface area contributed by atoms with Crippen LogP contribution in [-0.2, 0) is 25.7 Å². The summed E-state index contributed by atoms with van der Waals surface area (Å²) in [6.45, 7) is 7.14. The second-order valence-corrected chi connectivity index (χ2v) is 10.7. The minimum absolute atomic E-state index is 0.122. The van der Waals surface area contributed by atoms with E-state index in [2.05, 4.69) is 32.3 Å². The Bertz CT molecular complexity index is 1580. The van der Waals surface area contributed by atoms with Gasteiger partial charge in [0.1, 0.15) is 11.5 Å². The standard InChI is InChI=1S/C30H32F3N7O2/c1-2-38-11-13-39(14-12-38)18-21-3-5-23(16-26(21)30(31,32)33)36-29(41)40-10-8-20-4-6-24(15-22(20)19-40)42-27-7-9-34-28-25(27)17-35-37-28/h3-7,9,15-17H,2,8,10-14,18-19H2,1H3,(H,36,41)(H,34,35,37). The van der Waals surface area contributed by atoms with Gasteiger partial charge in [0.2, 0.25) is 0 Å². The normalized spacial score (nSPS) is 16.4. The third kappa shape index (κ3) is 6.04. The van der Waals surface area contributed by atoms with Crippen molar-refractivity contribution in [3.8, 4) is 11.5 Å². The molecule has 0 aliphatic carbocycles. The summed E-state index contributed by atoms with van der Waals surface area (Å²) in [5.74, 6) is 1.21. The molecule has 2 aliphatic rings. The van der Waals surface area contributed by atoms with E-state index in [1.165, 1.54) is 6.07 Å². The highest BCUT2D eigenvalue weighted by Gasteiger charge is 2.34. The SMILES string of the molecule is CCN1CCN(Cc2ccc(NC(=O)N3CCc4ccc(Oc5ccnc6[nH]ncc56)cc4C3)cc2C(F)(F)F)CC1. The molecule has 0 unspecified atom stereocenters. The number of aromatic amines is 1. The van der Waals surface area contributed by atoms with Gasteiger partial charge in [-0.15, -0.1) is 0 Å². The zero-order chi connectivity index (χ0) is 29.3. The lowest BCUT2D eigenvalue weighted by atomic mass is 9.99. The molecule has 0 spiro atoms. The van der Waals surface area contributed by atoms with Crippen LogP contribution in [0.4, 0.5) is 23.7 Å². The van der Waals surface area contributed by atoms with Gasteiger partial charge < -0.3 is 19.9 Å². The molecule has 2 aromatic carbocycles. The molecule has 6 rings (SSSR count). The maximum atomic E-state index is 14.0. The molecule has 2 aliphatic heterocycles. The van der Waals surface area contributed by atoms with Gasteiger partial charge in [0.15, 0.2) is 5.65 Å². The number of rotatable bonds is 6. The average Bonchev–Trinajstić information content (AvgIpc) is 3.47. The first kappa shape index (κ1) is 28.0. The van der Waals surface area contributed by atoms with Crippen molar-refractivity contribution in [3.63, 3.8) is 0 Å². The van der Waals surface area contributed by atoms with Gasteiger partial charge in [-0.1, -0.05) is 19.1 Å². The van der Waals surface area contributed by atoms with Gasteiger partial charge in [0, 0.05) is 57.7 Å². The van der Waals surface area contributed by atoms with Crippen LogP contribution in [0.5, 0.6) is 11.5 Å². The van der Waals surface area contributed by atoms with E-state index in [4.69, 9.17) is 4.74 Å². The number of likely N-dealkylation sites (N-methyl/N-ethyl adjacent to an activating group) is 1. The molecule has 12 heteroatoms. The summed E-state index contributed by atoms with van der Waals surface area (Å²) < 4.78 is 48.2. The fourth-order valence-corrected chi connectivity index (χ4v) is 5.58. The van der Waals surface area contributed by atoms with Gasteiger partial charge in [0.05, 0.1) is 17.1 Å². The predicted molar refractivity (Wildman–Crippen MR) is 152 cm³/mol. The topological polar surface area (TPSA) is 89.6 Å². The number of alkyl halides is 3. The quantitative estimate of drug-likeness (QED) is 0.314. The summed E-state index contributed by atoms with van der Waals surface area (Å²) in [5.41, 5.74) is 2.25. The number of H-pyrrole nitrogens is 1. The molecule has 4 aromatic rings. The number of halogens is 3. The summed E-state index contributed by atoms with van der Waals surface area (Å²) in [6, 6.07) is 11.1. The average molecular weight is 580 g/mol. The molecule has 0 bridgehead atoms. The number of carbonyl (C=O) groups is 1. The molecular formula is C30H32F3N7O2. The summed E-state index contributed by atoms with van der Waals surface area (Å²) in [7, 11) is 0. The van der Waals surface area contributed by atoms with E-state index in [-0.39, 0.29) is 17.8 Å². The van der Waals surface area contributed by atoms with Crippen LogP contribution in [0, 0.1) is 0 Å². The molecule has 2 aromatic heterocycles. The van der Waals surface area contributed by atoms with Crippen molar-refractivity contribution in [1.29, 1.82) is 0 Å². The van der Waals surface area contributed by atoms with Crippen LogP contribution in [-0.4, -0.2) is 75.2 Å². The highest BCUT2D eigenvalue weighted by molar-refractivity contribution is 5.89. The summed E-state index contributed by atoms with van der Waals surface area (Å²) >= 11 is 0. The molecule has 2 N–H and O–H groups in total. The first-order valence-corrected chi connectivity index (χ1v) is 14.1. The monoisotopic (exact) mass is 579 g/mol. The van der Waals surface area contributed by atoms with Crippen molar-refractivity contribution in [2.24, 2.45) is 0 Å². The number of nitrogens with one attached hydrogen (secondary N) is 2. The van der Waals surface area contributed by atoms with Crippen molar-refractivity contribution in [3.05, 3.63) is 77.1 Å². The van der Waals surface area contributed by atoms with Gasteiger partial charge >= 0.3 is 12.2 Å². The molecule has 9 nitrogen and oxygen atoms in total. The zero-order valence-electron chi connectivity index (χ0n) is 23.2. The molecule has 0 radical (unpaired) electrons. The predicted octanol–water partition coefficient (Wildman–Crippen LogP) is 5.50. The summed E-state index contributed by atoms with van der Waals surface area (Å²) in [4.78, 5) is 23.3. The summed E-state index contributed by atoms with van der Waals surface area (Å²) in [6.07, 6.45) is -0.627. The van der Waals surface area contributed by atoms with Crippen molar-refractivity contribution < 1.29 is 22.7 Å². The lowest BCUT2D eigenvalue weighted by Gasteiger charge is -2.34. The number of amides is 2. The lowest BCUT2D eigenvalue weighted by molar-refractivity contribution is -0.138. The van der Waals surface area contributed by atoms with Gasteiger partial charge in [-0.2, -0.15) is 18.3 Å². The molecule has 4 heterocycles. The van der Waals surface area contributed by atoms with E-state index in [0.717, 1.165) is 55.3 Å². The Hall–Kier alpha value is -4.16. The van der Waals surface area contributed by atoms with E-state index in [1.54, 1.807) is 29.4 Å². The molecule has 1 saturated heterocycles. The van der Waals surface area contributed by atoms with Crippen LogP contribution in [0.2, 0.25) is 0 Å². The van der Waals surface area contributed by atoms with Gasteiger partial charge in [-0.05, 0) is 60.0 Å². The third-order valence-electron chi connectivity index (χ3n) is 7.99. The Morgan fingerprint density at radius 1 is 1.02 bits per heavy atom. The minimum atomic E-state index is -4.53. The summed E-state index contributed by atoms with van der Waals surface area (Å²) in [5, 5.41) is 10.3. The number of piperazine rings is 1. The van der Waals surface area contributed by atoms with Crippen LogP contribution in [0.3, 0.4) is 0 Å². The van der Waals surface area contributed by atoms with Crippen LogP contribution < -0.4 is 10.1 Å². The zero-order valence-corrected chi connectivity index (χ0v) is 23.2. The van der Waals surface area contributed by atoms with Crippen molar-refractivity contribution in [2.75, 3.05) is 44.6 Å². The Labute approximate surface area is 241 Å². The van der Waals surface area contributed by atoms with Gasteiger partial charge in [-0.3, -0.25) is 10.00 Å². The number of nitrogens with zero attached hydrogens (tertiary/aromatic N) is 5. The van der Waals surface area contributed by atoms with Gasteiger partial charge in [0.25, 0.3) is 0 Å². The molecular weight excluding hydrogens is 547 g/mol. The fraction of sp³-hybridized carbons (Fsp3) is 0.367. The van der Waals surface area contributed by atoms with Crippen molar-refractivity contribution in [1.82, 2.24) is 29.9 Å². The maximum Gasteiger partial charge on any atom is 0.416 e. The Balaban J connectivity index is 1.13. The van der Waals surface area contributed by atoms with E-state index >= 15 is 0 Å². The number of anilines is 1. The van der Waals surface area contributed by atoms with Crippen LogP contribution in [0.25, 0.3) is 11.0 Å². The van der Waals surface area contributed by atoms with Crippen LogP contribution in [0.1, 0.15) is 29.2 Å². The Kier molecular flexibility index (Phi) is 7.74. The van der Waals surface area contributed by atoms with Gasteiger partial charge in [-0.25, -0.2) is 9.78 Å². The second kappa shape index (κ2) is 11.6. The number of urea groups is 1. The van der Waals surface area contributed by atoms with E-state index in [0.29, 0.717) is 36.7 Å². The van der Waals surface area contributed by atoms with E-state index < -0.39 is 17.8 Å². The number of hydrogen-bond donors (Lipinski definition) is 2. The Morgan fingerprint density at radius 3 is 2.62 bits per heavy atom. The number of pyridine rings is 1. The molecule has 42 heavy (non-hydrogen) atoms. The first-order valence-electron chi connectivity index (χ1n) is 14.1. The molecule has 0 saturated carbocycles. The number of ether oxygens (including phenoxy) is 1. The van der Waals surface area contributed by atoms with Crippen molar-refractivity contribution >= 4 is 22.8 Å². The highest BCUT2D eigenvalue weighted by Crippen LogP contribution is 2.35. The number of fused-ring (bicyclic) bond motifs is 2.